The molecule has 1 heteroatoms. The second-order valence-electron chi connectivity index (χ2n) is 20.6. The Bertz CT molecular complexity index is 2890. The van der Waals surface area contributed by atoms with E-state index in [4.69, 9.17) is 0 Å². The Labute approximate surface area is 361 Å². The van der Waals surface area contributed by atoms with Crippen LogP contribution in [-0.4, -0.2) is 0 Å². The van der Waals surface area contributed by atoms with Crippen LogP contribution < -0.4 is 4.90 Å². The van der Waals surface area contributed by atoms with Gasteiger partial charge in [-0.1, -0.05) is 116 Å². The highest BCUT2D eigenvalue weighted by Gasteiger charge is 2.61. The number of fused-ring (bicyclic) bond motifs is 11. The molecule has 2 unspecified atom stereocenters. The van der Waals surface area contributed by atoms with Crippen molar-refractivity contribution in [1.82, 2.24) is 0 Å². The molecule has 0 heterocycles. The smallest absolute Gasteiger partial charge is 0.0464 e. The first-order valence-electron chi connectivity index (χ1n) is 23.6. The van der Waals surface area contributed by atoms with Crippen LogP contribution in [0.25, 0.3) is 44.5 Å². The lowest BCUT2D eigenvalue weighted by Crippen LogP contribution is -2.55. The molecule has 7 aromatic carbocycles. The summed E-state index contributed by atoms with van der Waals surface area (Å²) in [5.41, 5.74) is 22.9. The Balaban J connectivity index is 0.815. The first-order chi connectivity index (χ1) is 30.1. The molecule has 298 valence electrons. The monoisotopic (exact) mass is 787 g/mol. The summed E-state index contributed by atoms with van der Waals surface area (Å²) < 4.78 is 0. The predicted octanol–water partition coefficient (Wildman–Crippen LogP) is 15.6. The van der Waals surface area contributed by atoms with Gasteiger partial charge in [0.25, 0.3) is 0 Å². The lowest BCUT2D eigenvalue weighted by atomic mass is 9.43. The SMILES string of the molecule is Cc1cc(N(c2ccccc2)c2ccc(-c3ccc4c(c3)C3(c5ccccc5-4)C4CC5CC(C4)CC3C5)cc2)ccc1-c1ccc2c(c1)-c1ccccc1[C@]21CC2CCC1C2. The van der Waals surface area contributed by atoms with Crippen molar-refractivity contribution in [3.63, 3.8) is 0 Å². The molecular weight excluding hydrogens is 735 g/mol. The zero-order valence-electron chi connectivity index (χ0n) is 35.3. The summed E-state index contributed by atoms with van der Waals surface area (Å²) in [6.07, 6.45) is 12.7. The van der Waals surface area contributed by atoms with Crippen molar-refractivity contribution in [3.8, 4) is 44.5 Å². The van der Waals surface area contributed by atoms with Crippen LogP contribution in [0.1, 0.15) is 85.6 Å². The summed E-state index contributed by atoms with van der Waals surface area (Å²) in [5.74, 6) is 5.12. The number of hydrogen-bond donors (Lipinski definition) is 0. The molecule has 8 aliphatic carbocycles. The van der Waals surface area contributed by atoms with Crippen molar-refractivity contribution in [1.29, 1.82) is 0 Å². The third kappa shape index (κ3) is 4.73. The van der Waals surface area contributed by atoms with Crippen molar-refractivity contribution in [2.45, 2.75) is 75.5 Å². The quantitative estimate of drug-likeness (QED) is 0.168. The second-order valence-corrected chi connectivity index (χ2v) is 20.6. The van der Waals surface area contributed by atoms with Crippen molar-refractivity contribution >= 4 is 17.1 Å². The number of nitrogens with zero attached hydrogens (tertiary/aromatic N) is 1. The molecule has 15 rings (SSSR count). The molecule has 0 radical (unpaired) electrons. The summed E-state index contributed by atoms with van der Waals surface area (Å²) in [4.78, 5) is 2.43. The number of rotatable bonds is 5. The summed E-state index contributed by atoms with van der Waals surface area (Å²) in [6.45, 7) is 2.30. The van der Waals surface area contributed by atoms with Gasteiger partial charge in [-0.05, 0) is 215 Å². The Kier molecular flexibility index (Phi) is 7.28. The van der Waals surface area contributed by atoms with Crippen LogP contribution in [0.2, 0.25) is 0 Å². The van der Waals surface area contributed by atoms with E-state index < -0.39 is 0 Å². The molecule has 0 N–H and O–H groups in total. The first kappa shape index (κ1) is 35.0. The molecule has 3 atom stereocenters. The van der Waals surface area contributed by atoms with E-state index in [1.54, 1.807) is 22.3 Å². The van der Waals surface area contributed by atoms with Crippen molar-refractivity contribution in [3.05, 3.63) is 186 Å². The Morgan fingerprint density at radius 3 is 1.70 bits per heavy atom. The molecule has 0 aliphatic heterocycles. The van der Waals surface area contributed by atoms with Crippen LogP contribution >= 0.6 is 0 Å². The van der Waals surface area contributed by atoms with Crippen molar-refractivity contribution < 1.29 is 0 Å². The van der Waals surface area contributed by atoms with Gasteiger partial charge < -0.3 is 4.90 Å². The highest BCUT2D eigenvalue weighted by Crippen LogP contribution is 2.70. The normalized spacial score (nSPS) is 28.9. The third-order valence-corrected chi connectivity index (χ3v) is 17.9. The first-order valence-corrected chi connectivity index (χ1v) is 23.6. The third-order valence-electron chi connectivity index (χ3n) is 17.9. The van der Waals surface area contributed by atoms with E-state index in [0.717, 1.165) is 35.5 Å². The van der Waals surface area contributed by atoms with Crippen LogP contribution in [0.3, 0.4) is 0 Å². The maximum Gasteiger partial charge on any atom is 0.0464 e. The molecule has 7 aromatic rings. The van der Waals surface area contributed by atoms with Gasteiger partial charge in [-0.25, -0.2) is 0 Å². The maximum absolute atomic E-state index is 2.62. The zero-order valence-corrected chi connectivity index (χ0v) is 35.3. The van der Waals surface area contributed by atoms with Gasteiger partial charge in [0, 0.05) is 27.9 Å². The van der Waals surface area contributed by atoms with Gasteiger partial charge in [0.1, 0.15) is 0 Å². The van der Waals surface area contributed by atoms with E-state index in [2.05, 4.69) is 170 Å². The Morgan fingerprint density at radius 2 is 0.984 bits per heavy atom. The average Bonchev–Trinajstić information content (AvgIpc) is 4.06. The molecule has 6 saturated carbocycles. The van der Waals surface area contributed by atoms with Gasteiger partial charge in [-0.3, -0.25) is 0 Å². The summed E-state index contributed by atoms with van der Waals surface area (Å²) in [7, 11) is 0. The van der Waals surface area contributed by atoms with Crippen LogP contribution in [0.4, 0.5) is 17.1 Å². The summed E-state index contributed by atoms with van der Waals surface area (Å²) >= 11 is 0. The molecule has 61 heavy (non-hydrogen) atoms. The van der Waals surface area contributed by atoms with E-state index >= 15 is 0 Å². The van der Waals surface area contributed by atoms with Crippen LogP contribution in [0.15, 0.2) is 158 Å². The second kappa shape index (κ2) is 12.7. The highest BCUT2D eigenvalue weighted by atomic mass is 15.1. The number of aryl methyl sites for hydroxylation is 1. The zero-order chi connectivity index (χ0) is 40.0. The minimum absolute atomic E-state index is 0.186. The standard InChI is InChI=1S/C60H53N/c1-37-27-49(23-25-50(37)43-19-26-56-54(34-43)52-12-5-7-13-55(52)59(56)36-38-15-20-44(59)29-38)61(47-9-3-2-4-10-47)48-21-16-41(17-22-48)42-18-24-53-51-11-6-8-14-57(51)60(58(53)35-42)45-30-39-28-40(32-45)33-46(60)31-39/h2-14,16-19,21-27,34-35,38-40,44-46H,15,20,28-33,36H2,1H3/t38?,39?,40?,44?,45?,46?,59-,60?/m1/s1. The topological polar surface area (TPSA) is 3.24 Å². The lowest BCUT2D eigenvalue weighted by Gasteiger charge is -2.61. The lowest BCUT2D eigenvalue weighted by molar-refractivity contribution is -0.0399. The molecule has 6 fully saturated rings. The van der Waals surface area contributed by atoms with Gasteiger partial charge in [0.2, 0.25) is 0 Å². The predicted molar refractivity (Wildman–Crippen MR) is 252 cm³/mol. The maximum atomic E-state index is 2.62. The minimum Gasteiger partial charge on any atom is -0.310 e. The van der Waals surface area contributed by atoms with E-state index in [1.165, 1.54) is 125 Å². The Hall–Kier alpha value is -5.66. The molecule has 8 aliphatic rings. The van der Waals surface area contributed by atoms with Gasteiger partial charge in [-0.2, -0.15) is 0 Å². The molecule has 0 amide bonds. The molecule has 0 saturated heterocycles. The fraction of sp³-hybridized carbons (Fsp3) is 0.300. The number of para-hydroxylation sites is 1. The van der Waals surface area contributed by atoms with Crippen LogP contribution in [0.5, 0.6) is 0 Å². The van der Waals surface area contributed by atoms with Gasteiger partial charge >= 0.3 is 0 Å². The van der Waals surface area contributed by atoms with Gasteiger partial charge in [0.05, 0.1) is 0 Å². The van der Waals surface area contributed by atoms with Gasteiger partial charge in [0.15, 0.2) is 0 Å². The van der Waals surface area contributed by atoms with E-state index in [1.807, 2.05) is 0 Å². The average molecular weight is 788 g/mol. The van der Waals surface area contributed by atoms with Gasteiger partial charge in [-0.15, -0.1) is 0 Å². The number of benzene rings is 7. The summed E-state index contributed by atoms with van der Waals surface area (Å²) in [5, 5.41) is 0. The van der Waals surface area contributed by atoms with E-state index in [0.29, 0.717) is 0 Å². The molecule has 2 spiro atoms. The van der Waals surface area contributed by atoms with Crippen LogP contribution in [-0.2, 0) is 10.8 Å². The largest absolute Gasteiger partial charge is 0.310 e. The van der Waals surface area contributed by atoms with E-state index in [9.17, 15) is 0 Å². The van der Waals surface area contributed by atoms with E-state index in [-0.39, 0.29) is 10.8 Å². The summed E-state index contributed by atoms with van der Waals surface area (Å²) in [6, 6.07) is 61.2. The molecule has 0 aromatic heterocycles. The number of hydrogen-bond acceptors (Lipinski definition) is 1. The van der Waals surface area contributed by atoms with Crippen LogP contribution in [0, 0.1) is 42.4 Å². The fourth-order valence-corrected chi connectivity index (χ4v) is 15.8. The van der Waals surface area contributed by atoms with Crippen molar-refractivity contribution in [2.24, 2.45) is 35.5 Å². The minimum atomic E-state index is 0.186. The number of anilines is 3. The Morgan fingerprint density at radius 1 is 0.393 bits per heavy atom. The fourth-order valence-electron chi connectivity index (χ4n) is 15.8. The highest BCUT2D eigenvalue weighted by molar-refractivity contribution is 5.88. The molecule has 6 bridgehead atoms. The molecule has 1 nitrogen and oxygen atoms in total. The van der Waals surface area contributed by atoms with Crippen molar-refractivity contribution in [2.75, 3.05) is 4.90 Å². The molecular formula is C60H53N.